The Labute approximate surface area is 151 Å². The molecule has 1 aromatic carbocycles. The first-order valence-corrected chi connectivity index (χ1v) is 8.33. The number of fused-ring (bicyclic) bond motifs is 1. The van der Waals surface area contributed by atoms with Crippen LogP contribution in [0.1, 0.15) is 12.8 Å². The fraction of sp³-hybridized carbons (Fsp3) is 0.588. The summed E-state index contributed by atoms with van der Waals surface area (Å²) in [7, 11) is 0. The van der Waals surface area contributed by atoms with E-state index in [1.54, 1.807) is 0 Å². The van der Waals surface area contributed by atoms with Crippen LogP contribution in [-0.4, -0.2) is 38.2 Å². The van der Waals surface area contributed by atoms with Gasteiger partial charge in [0.1, 0.15) is 12.4 Å². The van der Waals surface area contributed by atoms with Crippen LogP contribution < -0.4 is 9.64 Å². The second kappa shape index (κ2) is 7.21. The average molecular weight is 397 g/mol. The van der Waals surface area contributed by atoms with Gasteiger partial charge < -0.3 is 14.4 Å². The van der Waals surface area contributed by atoms with Gasteiger partial charge in [-0.05, 0) is 48.9 Å². The molecule has 1 heterocycles. The van der Waals surface area contributed by atoms with Crippen molar-refractivity contribution in [3.8, 4) is 5.75 Å². The molecular formula is C17H17F6NO3. The van der Waals surface area contributed by atoms with Gasteiger partial charge in [0.05, 0.1) is 0 Å². The molecule has 27 heavy (non-hydrogen) atoms. The van der Waals surface area contributed by atoms with Gasteiger partial charge >= 0.3 is 12.5 Å². The van der Waals surface area contributed by atoms with E-state index in [2.05, 4.69) is 4.74 Å². The summed E-state index contributed by atoms with van der Waals surface area (Å²) in [5.74, 6) is -0.933. The summed E-state index contributed by atoms with van der Waals surface area (Å²) >= 11 is 0. The van der Waals surface area contributed by atoms with Crippen LogP contribution in [0.5, 0.6) is 5.75 Å². The first kappa shape index (κ1) is 19.8. The maximum absolute atomic E-state index is 12.6. The van der Waals surface area contributed by atoms with Crippen LogP contribution in [-0.2, 0) is 9.53 Å². The molecule has 1 saturated carbocycles. The lowest BCUT2D eigenvalue weighted by atomic mass is 10.0. The summed E-state index contributed by atoms with van der Waals surface area (Å²) in [6, 6.07) is 5.03. The van der Waals surface area contributed by atoms with E-state index in [4.69, 9.17) is 4.74 Å². The lowest BCUT2D eigenvalue weighted by molar-refractivity contribution is -0.274. The van der Waals surface area contributed by atoms with E-state index in [0.717, 1.165) is 12.1 Å². The Morgan fingerprint density at radius 1 is 1.04 bits per heavy atom. The number of rotatable bonds is 5. The van der Waals surface area contributed by atoms with Crippen molar-refractivity contribution in [3.05, 3.63) is 24.3 Å². The third-order valence-electron chi connectivity index (χ3n) is 4.79. The zero-order valence-corrected chi connectivity index (χ0v) is 14.0. The zero-order chi connectivity index (χ0) is 19.8. The number of ether oxygens (including phenoxy) is 2. The fourth-order valence-corrected chi connectivity index (χ4v) is 3.81. The normalized spacial score (nSPS) is 25.8. The van der Waals surface area contributed by atoms with E-state index in [1.165, 1.54) is 17.0 Å². The van der Waals surface area contributed by atoms with E-state index >= 15 is 0 Å². The highest BCUT2D eigenvalue weighted by Crippen LogP contribution is 2.44. The maximum atomic E-state index is 12.6. The van der Waals surface area contributed by atoms with Crippen LogP contribution in [0.15, 0.2) is 24.3 Å². The van der Waals surface area contributed by atoms with E-state index in [0.29, 0.717) is 25.1 Å². The van der Waals surface area contributed by atoms with Crippen LogP contribution in [0.4, 0.5) is 32.0 Å². The van der Waals surface area contributed by atoms with Gasteiger partial charge in [0.15, 0.2) is 0 Å². The van der Waals surface area contributed by atoms with Gasteiger partial charge in [0, 0.05) is 24.8 Å². The molecule has 3 atom stereocenters. The lowest BCUT2D eigenvalue weighted by Gasteiger charge is -2.20. The molecule has 0 N–H and O–H groups in total. The van der Waals surface area contributed by atoms with E-state index in [1.807, 2.05) is 0 Å². The quantitative estimate of drug-likeness (QED) is 0.701. The van der Waals surface area contributed by atoms with Crippen LogP contribution >= 0.6 is 0 Å². The minimum Gasteiger partial charge on any atom is -0.406 e. The molecule has 0 aromatic heterocycles. The first-order valence-electron chi connectivity index (χ1n) is 8.33. The fourth-order valence-electron chi connectivity index (χ4n) is 3.81. The molecule has 150 valence electrons. The Bertz CT molecular complexity index is 673. The van der Waals surface area contributed by atoms with Gasteiger partial charge in [0.2, 0.25) is 5.91 Å². The molecule has 3 rings (SSSR count). The highest BCUT2D eigenvalue weighted by atomic mass is 19.4. The Balaban J connectivity index is 1.55. The monoisotopic (exact) mass is 397 g/mol. The first-order chi connectivity index (χ1) is 12.5. The number of hydrogen-bond acceptors (Lipinski definition) is 3. The lowest BCUT2D eigenvalue weighted by Crippen LogP contribution is -2.28. The third kappa shape index (κ3) is 5.06. The molecule has 1 amide bonds. The van der Waals surface area contributed by atoms with Crippen molar-refractivity contribution in [1.82, 2.24) is 0 Å². The smallest absolute Gasteiger partial charge is 0.406 e. The Kier molecular flexibility index (Phi) is 5.29. The van der Waals surface area contributed by atoms with Crippen LogP contribution in [0.25, 0.3) is 0 Å². The standard InChI is InChI=1S/C17H17F6NO3/c18-16(19,20)9-26-8-10-5-11-7-24(15(25)14(11)6-10)12-1-3-13(4-2-12)27-17(21,22)23/h1-4,10-11,14H,5-9H2. The number of halogens is 6. The van der Waals surface area contributed by atoms with Crippen molar-refractivity contribution in [2.75, 3.05) is 24.7 Å². The van der Waals surface area contributed by atoms with Crippen molar-refractivity contribution < 1.29 is 40.6 Å². The van der Waals surface area contributed by atoms with Crippen LogP contribution in [0.3, 0.4) is 0 Å². The minimum absolute atomic E-state index is 0.00286. The van der Waals surface area contributed by atoms with Crippen molar-refractivity contribution in [2.45, 2.75) is 25.4 Å². The van der Waals surface area contributed by atoms with Crippen LogP contribution in [0.2, 0.25) is 0 Å². The number of carbonyl (C=O) groups is 1. The molecule has 1 aromatic rings. The Hall–Kier alpha value is -1.97. The maximum Gasteiger partial charge on any atom is 0.573 e. The zero-order valence-electron chi connectivity index (χ0n) is 14.0. The summed E-state index contributed by atoms with van der Waals surface area (Å²) in [5.41, 5.74) is 0.466. The van der Waals surface area contributed by atoms with E-state index < -0.39 is 19.1 Å². The predicted octanol–water partition coefficient (Wildman–Crippen LogP) is 4.15. The third-order valence-corrected chi connectivity index (χ3v) is 4.79. The molecule has 1 aliphatic heterocycles. The van der Waals surface area contributed by atoms with Crippen molar-refractivity contribution >= 4 is 11.6 Å². The molecule has 1 aliphatic carbocycles. The number of amides is 1. The second-order valence-corrected chi connectivity index (χ2v) is 6.82. The molecule has 3 unspecified atom stereocenters. The number of anilines is 1. The SMILES string of the molecule is O=C1C2CC(COCC(F)(F)F)CC2CN1c1ccc(OC(F)(F)F)cc1. The number of carbonyl (C=O) groups excluding carboxylic acids is 1. The van der Waals surface area contributed by atoms with E-state index in [9.17, 15) is 31.1 Å². The van der Waals surface area contributed by atoms with Gasteiger partial charge in [-0.25, -0.2) is 0 Å². The molecule has 10 heteroatoms. The predicted molar refractivity (Wildman–Crippen MR) is 82.1 cm³/mol. The van der Waals surface area contributed by atoms with Crippen molar-refractivity contribution in [1.29, 1.82) is 0 Å². The average Bonchev–Trinajstić information content (AvgIpc) is 3.05. The molecule has 0 spiro atoms. The van der Waals surface area contributed by atoms with Gasteiger partial charge in [-0.3, -0.25) is 4.79 Å². The van der Waals surface area contributed by atoms with Gasteiger partial charge in [0.25, 0.3) is 0 Å². The summed E-state index contributed by atoms with van der Waals surface area (Å²) in [5, 5.41) is 0. The Morgan fingerprint density at radius 2 is 1.70 bits per heavy atom. The van der Waals surface area contributed by atoms with E-state index in [-0.39, 0.29) is 36.0 Å². The molecular weight excluding hydrogens is 380 g/mol. The Morgan fingerprint density at radius 3 is 2.26 bits per heavy atom. The molecule has 0 bridgehead atoms. The van der Waals surface area contributed by atoms with Gasteiger partial charge in [-0.15, -0.1) is 13.2 Å². The summed E-state index contributed by atoms with van der Waals surface area (Å²) in [4.78, 5) is 14.1. The number of alkyl halides is 6. The van der Waals surface area contributed by atoms with Gasteiger partial charge in [-0.2, -0.15) is 13.2 Å². The molecule has 1 saturated heterocycles. The highest BCUT2D eigenvalue weighted by Gasteiger charge is 2.47. The van der Waals surface area contributed by atoms with Crippen molar-refractivity contribution in [2.24, 2.45) is 17.8 Å². The minimum atomic E-state index is -4.79. The summed E-state index contributed by atoms with van der Waals surface area (Å²) in [6.45, 7) is -0.951. The number of nitrogens with zero attached hydrogens (tertiary/aromatic N) is 1. The molecule has 2 fully saturated rings. The highest BCUT2D eigenvalue weighted by molar-refractivity contribution is 5.97. The molecule has 2 aliphatic rings. The van der Waals surface area contributed by atoms with Gasteiger partial charge in [-0.1, -0.05) is 0 Å². The summed E-state index contributed by atoms with van der Waals surface area (Å²) < 4.78 is 81.4. The van der Waals surface area contributed by atoms with Crippen LogP contribution in [0, 0.1) is 17.8 Å². The summed E-state index contributed by atoms with van der Waals surface area (Å²) in [6.07, 6.45) is -8.12. The van der Waals surface area contributed by atoms with Crippen molar-refractivity contribution in [3.63, 3.8) is 0 Å². The topological polar surface area (TPSA) is 38.8 Å². The molecule has 0 radical (unpaired) electrons. The second-order valence-electron chi connectivity index (χ2n) is 6.82. The number of hydrogen-bond donors (Lipinski definition) is 0. The number of benzene rings is 1. The molecule has 4 nitrogen and oxygen atoms in total. The largest absolute Gasteiger partial charge is 0.573 e.